The van der Waals surface area contributed by atoms with E-state index in [4.69, 9.17) is 34.8 Å². The fraction of sp³-hybridized carbons (Fsp3) is 0.391. The summed E-state index contributed by atoms with van der Waals surface area (Å²) in [5, 5.41) is 4.49. The van der Waals surface area contributed by atoms with Crippen LogP contribution in [0.15, 0.2) is 42.5 Å². The zero-order chi connectivity index (χ0) is 23.0. The van der Waals surface area contributed by atoms with Gasteiger partial charge < -0.3 is 10.2 Å². The van der Waals surface area contributed by atoms with Crippen LogP contribution in [0.4, 0.5) is 0 Å². The first kappa shape index (κ1) is 25.9. The van der Waals surface area contributed by atoms with Crippen LogP contribution in [0.2, 0.25) is 15.1 Å². The monoisotopic (exact) mass is 500 g/mol. The van der Waals surface area contributed by atoms with E-state index in [-0.39, 0.29) is 30.2 Å². The van der Waals surface area contributed by atoms with Crippen molar-refractivity contribution in [1.29, 1.82) is 0 Å². The topological polar surface area (TPSA) is 49.4 Å². The summed E-state index contributed by atoms with van der Waals surface area (Å²) in [6.45, 7) is 5.94. The van der Waals surface area contributed by atoms with E-state index in [0.717, 1.165) is 17.5 Å². The fourth-order valence-electron chi connectivity index (χ4n) is 2.83. The van der Waals surface area contributed by atoms with Crippen molar-refractivity contribution in [2.75, 3.05) is 5.75 Å². The minimum absolute atomic E-state index is 0.0338. The van der Waals surface area contributed by atoms with Gasteiger partial charge in [0.05, 0.1) is 15.8 Å². The van der Waals surface area contributed by atoms with Gasteiger partial charge in [0.2, 0.25) is 11.8 Å². The minimum Gasteiger partial charge on any atom is -0.352 e. The third-order valence-corrected chi connectivity index (χ3v) is 7.02. The van der Waals surface area contributed by atoms with E-state index in [2.05, 4.69) is 5.32 Å². The first-order valence-corrected chi connectivity index (χ1v) is 12.4. The highest BCUT2D eigenvalue weighted by Crippen LogP contribution is 2.25. The first-order valence-electron chi connectivity index (χ1n) is 10.1. The van der Waals surface area contributed by atoms with Gasteiger partial charge in [0.1, 0.15) is 6.04 Å². The molecule has 2 atom stereocenters. The minimum atomic E-state index is -0.628. The molecular weight excluding hydrogens is 475 g/mol. The Morgan fingerprint density at radius 3 is 2.39 bits per heavy atom. The van der Waals surface area contributed by atoms with Crippen molar-refractivity contribution in [1.82, 2.24) is 10.2 Å². The van der Waals surface area contributed by atoms with Crippen LogP contribution >= 0.6 is 46.6 Å². The summed E-state index contributed by atoms with van der Waals surface area (Å²) < 4.78 is 0. The standard InChI is InChI=1S/C23H27Cl3N2O2S/c1-4-15(2)27-23(30)16(3)28(12-17-9-10-20(25)21(26)11-17)22(29)14-31-13-18-7-5-6-8-19(18)24/h5-11,15-16H,4,12-14H2,1-3H3,(H,27,30)/t15-,16+/m1/s1. The summed E-state index contributed by atoms with van der Waals surface area (Å²) >= 11 is 19.8. The van der Waals surface area contributed by atoms with Gasteiger partial charge in [-0.25, -0.2) is 0 Å². The van der Waals surface area contributed by atoms with Gasteiger partial charge in [-0.2, -0.15) is 0 Å². The van der Waals surface area contributed by atoms with Crippen molar-refractivity contribution < 1.29 is 9.59 Å². The normalized spacial score (nSPS) is 12.8. The second-order valence-corrected chi connectivity index (χ2v) is 9.56. The van der Waals surface area contributed by atoms with Crippen LogP contribution in [0, 0.1) is 0 Å². The fourth-order valence-corrected chi connectivity index (χ4v) is 4.35. The molecule has 0 saturated carbocycles. The van der Waals surface area contributed by atoms with E-state index in [9.17, 15) is 9.59 Å². The van der Waals surface area contributed by atoms with Crippen molar-refractivity contribution in [3.8, 4) is 0 Å². The van der Waals surface area contributed by atoms with Gasteiger partial charge in [-0.3, -0.25) is 9.59 Å². The van der Waals surface area contributed by atoms with Crippen molar-refractivity contribution in [3.63, 3.8) is 0 Å². The summed E-state index contributed by atoms with van der Waals surface area (Å²) in [5.41, 5.74) is 1.78. The molecule has 0 aromatic heterocycles. The van der Waals surface area contributed by atoms with Crippen LogP contribution in [0.3, 0.4) is 0 Å². The molecule has 2 aromatic carbocycles. The van der Waals surface area contributed by atoms with E-state index >= 15 is 0 Å². The highest BCUT2D eigenvalue weighted by Gasteiger charge is 2.26. The lowest BCUT2D eigenvalue weighted by Gasteiger charge is -2.29. The molecule has 2 rings (SSSR count). The van der Waals surface area contributed by atoms with Gasteiger partial charge in [0.25, 0.3) is 0 Å². The Balaban J connectivity index is 2.12. The number of carbonyl (C=O) groups is 2. The Kier molecular flexibility index (Phi) is 10.5. The lowest BCUT2D eigenvalue weighted by molar-refractivity contribution is -0.138. The quantitative estimate of drug-likeness (QED) is 0.421. The number of nitrogens with zero attached hydrogens (tertiary/aromatic N) is 1. The molecule has 31 heavy (non-hydrogen) atoms. The van der Waals surface area contributed by atoms with Crippen LogP contribution in [-0.2, 0) is 21.9 Å². The summed E-state index contributed by atoms with van der Waals surface area (Å²) in [7, 11) is 0. The molecule has 0 aliphatic rings. The maximum Gasteiger partial charge on any atom is 0.242 e. The van der Waals surface area contributed by atoms with Crippen molar-refractivity contribution >= 4 is 58.4 Å². The molecule has 0 spiro atoms. The van der Waals surface area contributed by atoms with Crippen LogP contribution in [0.1, 0.15) is 38.3 Å². The molecule has 8 heteroatoms. The van der Waals surface area contributed by atoms with Crippen molar-refractivity contribution in [2.45, 2.75) is 51.6 Å². The van der Waals surface area contributed by atoms with Gasteiger partial charge >= 0.3 is 0 Å². The molecule has 4 nitrogen and oxygen atoms in total. The second kappa shape index (κ2) is 12.6. The molecule has 2 aromatic rings. The zero-order valence-electron chi connectivity index (χ0n) is 17.8. The van der Waals surface area contributed by atoms with Gasteiger partial charge in [0.15, 0.2) is 0 Å². The number of amides is 2. The Bertz CT molecular complexity index is 910. The Morgan fingerprint density at radius 1 is 1.03 bits per heavy atom. The van der Waals surface area contributed by atoms with E-state index in [1.807, 2.05) is 44.2 Å². The number of hydrogen-bond donors (Lipinski definition) is 1. The summed E-state index contributed by atoms with van der Waals surface area (Å²) in [5.74, 6) is 0.529. The summed E-state index contributed by atoms with van der Waals surface area (Å²) in [4.78, 5) is 27.4. The molecular formula is C23H27Cl3N2O2S. The summed E-state index contributed by atoms with van der Waals surface area (Å²) in [6, 6.07) is 12.2. The van der Waals surface area contributed by atoms with E-state index in [1.54, 1.807) is 24.0 Å². The Hall–Kier alpha value is -1.40. The van der Waals surface area contributed by atoms with Crippen LogP contribution in [-0.4, -0.2) is 34.6 Å². The number of halogens is 3. The predicted octanol–water partition coefficient (Wildman–Crippen LogP) is 6.21. The van der Waals surface area contributed by atoms with E-state index < -0.39 is 6.04 Å². The molecule has 0 heterocycles. The Labute approximate surface area is 203 Å². The number of benzene rings is 2. The number of nitrogens with one attached hydrogen (secondary N) is 1. The maximum atomic E-state index is 13.1. The van der Waals surface area contributed by atoms with Crippen molar-refractivity contribution in [2.24, 2.45) is 0 Å². The largest absolute Gasteiger partial charge is 0.352 e. The van der Waals surface area contributed by atoms with Gasteiger partial charge in [0, 0.05) is 23.4 Å². The van der Waals surface area contributed by atoms with Gasteiger partial charge in [-0.15, -0.1) is 11.8 Å². The number of rotatable bonds is 10. The molecule has 2 amide bonds. The molecule has 168 valence electrons. The molecule has 0 aliphatic heterocycles. The molecule has 0 saturated heterocycles. The molecule has 0 aliphatic carbocycles. The maximum absolute atomic E-state index is 13.1. The third-order valence-electron chi connectivity index (χ3n) is 4.95. The van der Waals surface area contributed by atoms with Crippen molar-refractivity contribution in [3.05, 3.63) is 68.7 Å². The zero-order valence-corrected chi connectivity index (χ0v) is 20.9. The highest BCUT2D eigenvalue weighted by atomic mass is 35.5. The number of hydrogen-bond acceptors (Lipinski definition) is 3. The Morgan fingerprint density at radius 2 is 1.74 bits per heavy atom. The lowest BCUT2D eigenvalue weighted by atomic mass is 10.1. The van der Waals surface area contributed by atoms with E-state index in [1.165, 1.54) is 11.8 Å². The third kappa shape index (κ3) is 7.90. The molecule has 0 unspecified atom stereocenters. The molecule has 0 bridgehead atoms. The second-order valence-electron chi connectivity index (χ2n) is 7.35. The van der Waals surface area contributed by atoms with Gasteiger partial charge in [-0.05, 0) is 49.6 Å². The number of carbonyl (C=O) groups excluding carboxylic acids is 2. The molecule has 1 N–H and O–H groups in total. The average Bonchev–Trinajstić information content (AvgIpc) is 2.75. The smallest absolute Gasteiger partial charge is 0.242 e. The van der Waals surface area contributed by atoms with E-state index in [0.29, 0.717) is 20.8 Å². The van der Waals surface area contributed by atoms with Crippen LogP contribution in [0.25, 0.3) is 0 Å². The lowest BCUT2D eigenvalue weighted by Crippen LogP contribution is -2.50. The molecule has 0 fully saturated rings. The average molecular weight is 502 g/mol. The summed E-state index contributed by atoms with van der Waals surface area (Å²) in [6.07, 6.45) is 0.812. The van der Waals surface area contributed by atoms with Crippen LogP contribution in [0.5, 0.6) is 0 Å². The van der Waals surface area contributed by atoms with Crippen LogP contribution < -0.4 is 5.32 Å². The highest BCUT2D eigenvalue weighted by molar-refractivity contribution is 7.99. The first-order chi connectivity index (χ1) is 14.7. The number of thioether (sulfide) groups is 1. The molecule has 0 radical (unpaired) electrons. The predicted molar refractivity (Wildman–Crippen MR) is 132 cm³/mol. The SMILES string of the molecule is CC[C@@H](C)NC(=O)[C@H](C)N(Cc1ccc(Cl)c(Cl)c1)C(=O)CSCc1ccccc1Cl. The van der Waals surface area contributed by atoms with Gasteiger partial charge in [-0.1, -0.05) is 66.0 Å².